The van der Waals surface area contributed by atoms with Gasteiger partial charge in [0.1, 0.15) is 5.82 Å². The monoisotopic (exact) mass is 205 g/mol. The van der Waals surface area contributed by atoms with Crippen molar-refractivity contribution in [1.82, 2.24) is 20.0 Å². The summed E-state index contributed by atoms with van der Waals surface area (Å²) in [6, 6.07) is 3.42. The van der Waals surface area contributed by atoms with Crippen molar-refractivity contribution in [3.05, 3.63) is 29.7 Å². The summed E-state index contributed by atoms with van der Waals surface area (Å²) >= 11 is 0. The second-order valence-corrected chi connectivity index (χ2v) is 3.06. The molecule has 0 spiro atoms. The number of nitrogens with zero attached hydrogens (tertiary/aromatic N) is 3. The van der Waals surface area contributed by atoms with Crippen LogP contribution >= 0.6 is 0 Å². The summed E-state index contributed by atoms with van der Waals surface area (Å²) in [4.78, 5) is 11.4. The van der Waals surface area contributed by atoms with Crippen molar-refractivity contribution in [3.63, 3.8) is 0 Å². The van der Waals surface area contributed by atoms with Crippen LogP contribution in [-0.4, -0.2) is 20.5 Å². The highest BCUT2D eigenvalue weighted by Crippen LogP contribution is 2.10. The summed E-state index contributed by atoms with van der Waals surface area (Å²) in [5, 5.41) is 7.94. The molecule has 2 heterocycles. The van der Waals surface area contributed by atoms with Gasteiger partial charge in [-0.2, -0.15) is 0 Å². The third kappa shape index (κ3) is 1.44. The van der Waals surface area contributed by atoms with Crippen molar-refractivity contribution < 1.29 is 4.79 Å². The smallest absolute Gasteiger partial charge is 0.269 e. The molecule has 1 amide bonds. The van der Waals surface area contributed by atoms with Gasteiger partial charge in [-0.25, -0.2) is 5.84 Å². The van der Waals surface area contributed by atoms with Gasteiger partial charge < -0.3 is 0 Å². The quantitative estimate of drug-likeness (QED) is 0.407. The normalized spacial score (nSPS) is 10.5. The Balaban J connectivity index is 2.67. The van der Waals surface area contributed by atoms with Crippen LogP contribution in [0, 0.1) is 0 Å². The number of aryl methyl sites for hydroxylation is 1. The molecule has 0 saturated heterocycles. The Kier molecular flexibility index (Phi) is 2.34. The van der Waals surface area contributed by atoms with Crippen LogP contribution in [0.2, 0.25) is 0 Å². The van der Waals surface area contributed by atoms with Crippen LogP contribution in [0.5, 0.6) is 0 Å². The second kappa shape index (κ2) is 3.66. The molecule has 6 heteroatoms. The van der Waals surface area contributed by atoms with E-state index in [1.54, 1.807) is 16.5 Å². The first-order valence-corrected chi connectivity index (χ1v) is 4.61. The molecule has 0 aliphatic carbocycles. The number of aromatic nitrogens is 3. The summed E-state index contributed by atoms with van der Waals surface area (Å²) in [7, 11) is 0. The first-order chi connectivity index (χ1) is 7.27. The Morgan fingerprint density at radius 1 is 1.60 bits per heavy atom. The number of carbonyl (C=O) groups is 1. The number of hydrogen-bond donors (Lipinski definition) is 2. The van der Waals surface area contributed by atoms with Crippen molar-refractivity contribution in [2.75, 3.05) is 0 Å². The van der Waals surface area contributed by atoms with Crippen molar-refractivity contribution in [2.24, 2.45) is 5.84 Å². The van der Waals surface area contributed by atoms with Crippen molar-refractivity contribution in [2.45, 2.75) is 13.3 Å². The molecule has 0 radical (unpaired) electrons. The average molecular weight is 205 g/mol. The molecule has 15 heavy (non-hydrogen) atoms. The fraction of sp³-hybridized carbons (Fsp3) is 0.222. The van der Waals surface area contributed by atoms with Gasteiger partial charge in [-0.1, -0.05) is 6.92 Å². The topological polar surface area (TPSA) is 85.3 Å². The van der Waals surface area contributed by atoms with E-state index >= 15 is 0 Å². The molecule has 2 aromatic rings. The fourth-order valence-electron chi connectivity index (χ4n) is 1.46. The van der Waals surface area contributed by atoms with E-state index in [2.05, 4.69) is 15.6 Å². The molecule has 3 N–H and O–H groups in total. The number of rotatable bonds is 2. The SMILES string of the molecule is CCc1nnc2c(C(=O)NN)cccn12. The van der Waals surface area contributed by atoms with Crippen LogP contribution < -0.4 is 11.3 Å². The van der Waals surface area contributed by atoms with Crippen LogP contribution in [0.3, 0.4) is 0 Å². The Hall–Kier alpha value is -1.95. The molecule has 0 atom stereocenters. The summed E-state index contributed by atoms with van der Waals surface area (Å²) < 4.78 is 1.78. The van der Waals surface area contributed by atoms with Crippen molar-refractivity contribution in [1.29, 1.82) is 0 Å². The van der Waals surface area contributed by atoms with E-state index in [4.69, 9.17) is 5.84 Å². The molecule has 78 valence electrons. The lowest BCUT2D eigenvalue weighted by Gasteiger charge is -2.01. The maximum absolute atomic E-state index is 11.4. The molecular formula is C9H11N5O. The van der Waals surface area contributed by atoms with Crippen molar-refractivity contribution in [3.8, 4) is 0 Å². The van der Waals surface area contributed by atoms with Crippen LogP contribution in [0.4, 0.5) is 0 Å². The van der Waals surface area contributed by atoms with Crippen LogP contribution in [0.15, 0.2) is 18.3 Å². The molecule has 2 rings (SSSR count). The molecule has 2 aromatic heterocycles. The summed E-state index contributed by atoms with van der Waals surface area (Å²) in [5.74, 6) is 5.53. The van der Waals surface area contributed by atoms with E-state index in [1.807, 2.05) is 13.1 Å². The summed E-state index contributed by atoms with van der Waals surface area (Å²) in [6.07, 6.45) is 2.58. The van der Waals surface area contributed by atoms with Crippen LogP contribution in [0.25, 0.3) is 5.65 Å². The lowest BCUT2D eigenvalue weighted by molar-refractivity contribution is 0.0955. The molecule has 0 saturated carbocycles. The maximum Gasteiger partial charge on any atom is 0.269 e. The first-order valence-electron chi connectivity index (χ1n) is 4.61. The average Bonchev–Trinajstić information content (AvgIpc) is 2.70. The molecule has 0 bridgehead atoms. The Labute approximate surface area is 86.1 Å². The van der Waals surface area contributed by atoms with Gasteiger partial charge in [-0.05, 0) is 12.1 Å². The zero-order chi connectivity index (χ0) is 10.8. The Morgan fingerprint density at radius 2 is 2.40 bits per heavy atom. The molecule has 6 nitrogen and oxygen atoms in total. The summed E-state index contributed by atoms with van der Waals surface area (Å²) in [5.41, 5.74) is 3.03. The minimum Gasteiger partial charge on any atom is -0.290 e. The first kappa shape index (κ1) is 9.60. The molecular weight excluding hydrogens is 194 g/mol. The lowest BCUT2D eigenvalue weighted by atomic mass is 10.2. The van der Waals surface area contributed by atoms with Crippen LogP contribution in [0.1, 0.15) is 23.1 Å². The molecule has 0 aliphatic heterocycles. The number of nitrogen functional groups attached to an aromatic ring is 1. The number of nitrogens with two attached hydrogens (primary N) is 1. The standard InChI is InChI=1S/C9H11N5O/c1-2-7-12-13-8-6(9(15)11-10)4-3-5-14(7)8/h3-5H,2,10H2,1H3,(H,11,15). The Bertz CT molecular complexity index is 504. The number of carbonyl (C=O) groups excluding carboxylic acids is 1. The van der Waals surface area contributed by atoms with E-state index in [0.717, 1.165) is 12.2 Å². The van der Waals surface area contributed by atoms with Gasteiger partial charge in [-0.3, -0.25) is 14.6 Å². The zero-order valence-corrected chi connectivity index (χ0v) is 8.27. The molecule has 0 aromatic carbocycles. The highest BCUT2D eigenvalue weighted by atomic mass is 16.2. The van der Waals surface area contributed by atoms with E-state index in [-0.39, 0.29) is 5.91 Å². The van der Waals surface area contributed by atoms with E-state index < -0.39 is 0 Å². The van der Waals surface area contributed by atoms with Gasteiger partial charge >= 0.3 is 0 Å². The van der Waals surface area contributed by atoms with E-state index in [0.29, 0.717) is 11.2 Å². The van der Waals surface area contributed by atoms with Crippen LogP contribution in [-0.2, 0) is 6.42 Å². The van der Waals surface area contributed by atoms with Gasteiger partial charge in [0, 0.05) is 12.6 Å². The highest BCUT2D eigenvalue weighted by Gasteiger charge is 2.12. The van der Waals surface area contributed by atoms with Gasteiger partial charge in [0.25, 0.3) is 5.91 Å². The number of fused-ring (bicyclic) bond motifs is 1. The fourth-order valence-corrected chi connectivity index (χ4v) is 1.46. The minimum absolute atomic E-state index is 0.365. The van der Waals surface area contributed by atoms with Gasteiger partial charge in [0.05, 0.1) is 5.56 Å². The van der Waals surface area contributed by atoms with Gasteiger partial charge in [0.2, 0.25) is 0 Å². The zero-order valence-electron chi connectivity index (χ0n) is 8.27. The lowest BCUT2D eigenvalue weighted by Crippen LogP contribution is -2.30. The second-order valence-electron chi connectivity index (χ2n) is 3.06. The molecule has 0 aliphatic rings. The minimum atomic E-state index is -0.365. The largest absolute Gasteiger partial charge is 0.290 e. The number of hydrogen-bond acceptors (Lipinski definition) is 4. The molecule has 0 fully saturated rings. The number of hydrazine groups is 1. The predicted molar refractivity (Wildman–Crippen MR) is 54.0 cm³/mol. The van der Waals surface area contributed by atoms with Crippen molar-refractivity contribution >= 4 is 11.6 Å². The Morgan fingerprint density at radius 3 is 3.07 bits per heavy atom. The van der Waals surface area contributed by atoms with Gasteiger partial charge in [0.15, 0.2) is 5.65 Å². The van der Waals surface area contributed by atoms with E-state index in [1.165, 1.54) is 0 Å². The number of nitrogens with one attached hydrogen (secondary N) is 1. The molecule has 0 unspecified atom stereocenters. The van der Waals surface area contributed by atoms with Gasteiger partial charge in [-0.15, -0.1) is 10.2 Å². The third-order valence-electron chi connectivity index (χ3n) is 2.20. The van der Waals surface area contributed by atoms with E-state index in [9.17, 15) is 4.79 Å². The number of amides is 1. The summed E-state index contributed by atoms with van der Waals surface area (Å²) in [6.45, 7) is 1.98. The predicted octanol–water partition coefficient (Wildman–Crippen LogP) is -0.105. The maximum atomic E-state index is 11.4. The third-order valence-corrected chi connectivity index (χ3v) is 2.20. The number of pyridine rings is 1. The highest BCUT2D eigenvalue weighted by molar-refractivity contribution is 5.99.